The molecule has 2 rings (SSSR count). The van der Waals surface area contributed by atoms with Crippen molar-refractivity contribution in [2.45, 2.75) is 45.6 Å². The van der Waals surface area contributed by atoms with E-state index >= 15 is 0 Å². The predicted octanol–water partition coefficient (Wildman–Crippen LogP) is 3.39. The monoisotopic (exact) mass is 404 g/mol. The lowest BCUT2D eigenvalue weighted by Crippen LogP contribution is -2.47. The summed E-state index contributed by atoms with van der Waals surface area (Å²) in [7, 11) is 1.74. The van der Waals surface area contributed by atoms with E-state index in [1.54, 1.807) is 7.11 Å². The van der Waals surface area contributed by atoms with Crippen molar-refractivity contribution >= 4 is 11.6 Å². The Bertz CT molecular complexity index is 559. The number of piperidine rings is 1. The molecule has 0 atom stereocenters. The Labute approximate surface area is 177 Å². The van der Waals surface area contributed by atoms with Gasteiger partial charge in [-0.15, -0.1) is 0 Å². The molecule has 1 aliphatic rings. The van der Waals surface area contributed by atoms with E-state index in [1.807, 2.05) is 0 Å². The standard InChI is InChI=1S/C23H40N4O2/c1-4-24-23(27-17-13-22(14-18-27)29-20-10-19-28-3)25-15-9-16-26(5-2)21-11-7-6-8-12-21/h6-8,11-12,22H,4-5,9-10,13-20H2,1-3H3,(H,24,25). The molecule has 1 aromatic rings. The fraction of sp³-hybridized carbons (Fsp3) is 0.696. The molecule has 0 spiro atoms. The molecule has 29 heavy (non-hydrogen) atoms. The Morgan fingerprint density at radius 1 is 1.14 bits per heavy atom. The summed E-state index contributed by atoms with van der Waals surface area (Å²) in [6.07, 6.45) is 4.52. The van der Waals surface area contributed by atoms with E-state index in [2.05, 4.69) is 59.3 Å². The summed E-state index contributed by atoms with van der Waals surface area (Å²) in [5, 5.41) is 3.47. The second kappa shape index (κ2) is 14.2. The van der Waals surface area contributed by atoms with Crippen molar-refractivity contribution in [2.24, 2.45) is 4.99 Å². The highest BCUT2D eigenvalue weighted by atomic mass is 16.5. The van der Waals surface area contributed by atoms with Crippen molar-refractivity contribution in [1.82, 2.24) is 10.2 Å². The first-order chi connectivity index (χ1) is 14.3. The van der Waals surface area contributed by atoms with Crippen LogP contribution in [0.4, 0.5) is 5.69 Å². The number of likely N-dealkylation sites (tertiary alicyclic amines) is 1. The van der Waals surface area contributed by atoms with Crippen molar-refractivity contribution in [3.8, 4) is 0 Å². The second-order valence-electron chi connectivity index (χ2n) is 7.41. The zero-order valence-corrected chi connectivity index (χ0v) is 18.6. The fourth-order valence-corrected chi connectivity index (χ4v) is 3.67. The van der Waals surface area contributed by atoms with Gasteiger partial charge in [-0.3, -0.25) is 4.99 Å². The molecular weight excluding hydrogens is 364 g/mol. The number of para-hydroxylation sites is 1. The summed E-state index contributed by atoms with van der Waals surface area (Å²) in [6, 6.07) is 10.6. The summed E-state index contributed by atoms with van der Waals surface area (Å²) < 4.78 is 11.1. The molecule has 0 amide bonds. The molecule has 0 radical (unpaired) electrons. The number of ether oxygens (including phenoxy) is 2. The number of rotatable bonds is 12. The van der Waals surface area contributed by atoms with E-state index in [0.717, 1.165) is 84.1 Å². The lowest BCUT2D eigenvalue weighted by molar-refractivity contribution is 0.00991. The van der Waals surface area contributed by atoms with Crippen LogP contribution in [0, 0.1) is 0 Å². The van der Waals surface area contributed by atoms with E-state index in [4.69, 9.17) is 14.5 Å². The number of nitrogens with zero attached hydrogens (tertiary/aromatic N) is 3. The fourth-order valence-electron chi connectivity index (χ4n) is 3.67. The molecule has 6 nitrogen and oxygen atoms in total. The molecule has 1 fully saturated rings. The van der Waals surface area contributed by atoms with E-state index in [9.17, 15) is 0 Å². The largest absolute Gasteiger partial charge is 0.385 e. The quantitative estimate of drug-likeness (QED) is 0.329. The lowest BCUT2D eigenvalue weighted by atomic mass is 10.1. The minimum atomic E-state index is 0.370. The number of guanidine groups is 1. The average molecular weight is 405 g/mol. The van der Waals surface area contributed by atoms with Gasteiger partial charge in [-0.05, 0) is 51.7 Å². The van der Waals surface area contributed by atoms with Gasteiger partial charge in [0.2, 0.25) is 0 Å². The van der Waals surface area contributed by atoms with Gasteiger partial charge in [-0.25, -0.2) is 0 Å². The van der Waals surface area contributed by atoms with Gasteiger partial charge in [-0.2, -0.15) is 0 Å². The average Bonchev–Trinajstić information content (AvgIpc) is 2.77. The molecule has 0 unspecified atom stereocenters. The van der Waals surface area contributed by atoms with Crippen molar-refractivity contribution in [2.75, 3.05) is 64.5 Å². The van der Waals surface area contributed by atoms with Crippen LogP contribution < -0.4 is 10.2 Å². The Morgan fingerprint density at radius 3 is 2.55 bits per heavy atom. The van der Waals surface area contributed by atoms with Crippen LogP contribution >= 0.6 is 0 Å². The first kappa shape index (κ1) is 23.5. The number of hydrogen-bond donors (Lipinski definition) is 1. The molecule has 1 aliphatic heterocycles. The van der Waals surface area contributed by atoms with Crippen LogP contribution in [0.15, 0.2) is 35.3 Å². The Hall–Kier alpha value is -1.79. The highest BCUT2D eigenvalue weighted by Gasteiger charge is 2.21. The number of benzene rings is 1. The second-order valence-corrected chi connectivity index (χ2v) is 7.41. The number of aliphatic imine (C=N–C) groups is 1. The van der Waals surface area contributed by atoms with Crippen LogP contribution in [0.2, 0.25) is 0 Å². The molecule has 164 valence electrons. The van der Waals surface area contributed by atoms with Gasteiger partial charge in [0.25, 0.3) is 0 Å². The number of hydrogen-bond acceptors (Lipinski definition) is 4. The third-order valence-electron chi connectivity index (χ3n) is 5.27. The summed E-state index contributed by atoms with van der Waals surface area (Å²) in [5.74, 6) is 1.05. The van der Waals surface area contributed by atoms with E-state index < -0.39 is 0 Å². The molecule has 0 saturated carbocycles. The van der Waals surface area contributed by atoms with Crippen molar-refractivity contribution < 1.29 is 9.47 Å². The first-order valence-electron chi connectivity index (χ1n) is 11.2. The minimum absolute atomic E-state index is 0.370. The summed E-state index contributed by atoms with van der Waals surface area (Å²) in [4.78, 5) is 9.69. The predicted molar refractivity (Wildman–Crippen MR) is 122 cm³/mol. The van der Waals surface area contributed by atoms with Crippen LogP contribution in [-0.2, 0) is 9.47 Å². The van der Waals surface area contributed by atoms with E-state index in [0.29, 0.717) is 6.10 Å². The first-order valence-corrected chi connectivity index (χ1v) is 11.2. The third kappa shape index (κ3) is 8.62. The maximum atomic E-state index is 5.98. The van der Waals surface area contributed by atoms with Crippen LogP contribution in [-0.4, -0.2) is 76.6 Å². The van der Waals surface area contributed by atoms with Gasteiger partial charge in [0.1, 0.15) is 0 Å². The normalized spacial score (nSPS) is 15.6. The van der Waals surface area contributed by atoms with Crippen molar-refractivity contribution in [3.63, 3.8) is 0 Å². The van der Waals surface area contributed by atoms with E-state index in [-0.39, 0.29) is 0 Å². The summed E-state index contributed by atoms with van der Waals surface area (Å²) in [5.41, 5.74) is 1.29. The Morgan fingerprint density at radius 2 is 1.90 bits per heavy atom. The van der Waals surface area contributed by atoms with Crippen LogP contribution in [0.1, 0.15) is 39.5 Å². The molecule has 1 saturated heterocycles. The molecule has 1 N–H and O–H groups in total. The van der Waals surface area contributed by atoms with Crippen LogP contribution in [0.5, 0.6) is 0 Å². The van der Waals surface area contributed by atoms with Gasteiger partial charge in [-0.1, -0.05) is 18.2 Å². The maximum absolute atomic E-state index is 5.98. The zero-order valence-electron chi connectivity index (χ0n) is 18.6. The molecule has 0 aromatic heterocycles. The van der Waals surface area contributed by atoms with Gasteiger partial charge >= 0.3 is 0 Å². The Kier molecular flexibility index (Phi) is 11.5. The maximum Gasteiger partial charge on any atom is 0.193 e. The lowest BCUT2D eigenvalue weighted by Gasteiger charge is -2.34. The third-order valence-corrected chi connectivity index (χ3v) is 5.27. The number of nitrogens with one attached hydrogen (secondary N) is 1. The Balaban J connectivity index is 1.75. The number of methoxy groups -OCH3 is 1. The highest BCUT2D eigenvalue weighted by Crippen LogP contribution is 2.15. The SMILES string of the molecule is CCNC(=NCCCN(CC)c1ccccc1)N1CCC(OCCCOC)CC1. The summed E-state index contributed by atoms with van der Waals surface area (Å²) >= 11 is 0. The molecule has 1 heterocycles. The highest BCUT2D eigenvalue weighted by molar-refractivity contribution is 5.80. The van der Waals surface area contributed by atoms with Crippen LogP contribution in [0.25, 0.3) is 0 Å². The van der Waals surface area contributed by atoms with Gasteiger partial charge in [0.05, 0.1) is 6.10 Å². The summed E-state index contributed by atoms with van der Waals surface area (Å²) in [6.45, 7) is 11.7. The smallest absolute Gasteiger partial charge is 0.193 e. The van der Waals surface area contributed by atoms with Gasteiger partial charge in [0.15, 0.2) is 5.96 Å². The molecule has 0 aliphatic carbocycles. The molecule has 0 bridgehead atoms. The van der Waals surface area contributed by atoms with Crippen LogP contribution in [0.3, 0.4) is 0 Å². The van der Waals surface area contributed by atoms with E-state index in [1.165, 1.54) is 5.69 Å². The van der Waals surface area contributed by atoms with Gasteiger partial charge < -0.3 is 24.6 Å². The van der Waals surface area contributed by atoms with Gasteiger partial charge in [0, 0.05) is 65.3 Å². The molecule has 6 heteroatoms. The van der Waals surface area contributed by atoms with Crippen molar-refractivity contribution in [1.29, 1.82) is 0 Å². The minimum Gasteiger partial charge on any atom is -0.385 e. The van der Waals surface area contributed by atoms with Crippen molar-refractivity contribution in [3.05, 3.63) is 30.3 Å². The zero-order chi connectivity index (χ0) is 20.7. The molecule has 1 aromatic carbocycles. The number of anilines is 1. The topological polar surface area (TPSA) is 49.3 Å². The molecular formula is C23H40N4O2.